The maximum Gasteiger partial charge on any atom is 0.277 e. The number of aromatic amines is 1. The Morgan fingerprint density at radius 3 is 2.74 bits per heavy atom. The predicted octanol–water partition coefficient (Wildman–Crippen LogP) is 2.87. The summed E-state index contributed by atoms with van der Waals surface area (Å²) < 4.78 is 5.37. The smallest absolute Gasteiger partial charge is 0.277 e. The lowest BCUT2D eigenvalue weighted by molar-refractivity contribution is 0.102. The summed E-state index contributed by atoms with van der Waals surface area (Å²) in [7, 11) is 0. The maximum atomic E-state index is 12.3. The normalized spacial score (nSPS) is 10.8. The fourth-order valence-electron chi connectivity index (χ4n) is 2.20. The second kappa shape index (κ2) is 5.38. The molecule has 0 saturated carbocycles. The van der Waals surface area contributed by atoms with Crippen molar-refractivity contribution in [1.82, 2.24) is 20.4 Å². The Labute approximate surface area is 130 Å². The number of anilines is 1. The molecule has 1 amide bonds. The molecule has 0 radical (unpaired) electrons. The minimum atomic E-state index is -0.348. The first-order chi connectivity index (χ1) is 11.3. The van der Waals surface area contributed by atoms with Gasteiger partial charge in [0, 0.05) is 11.3 Å². The fourth-order valence-corrected chi connectivity index (χ4v) is 2.20. The maximum absolute atomic E-state index is 12.3. The highest BCUT2D eigenvalue weighted by molar-refractivity contribution is 6.03. The van der Waals surface area contributed by atoms with Gasteiger partial charge in [-0.1, -0.05) is 18.2 Å². The van der Waals surface area contributed by atoms with Crippen LogP contribution in [0.4, 0.5) is 5.69 Å². The third-order valence-corrected chi connectivity index (χ3v) is 3.33. The Hall–Kier alpha value is -3.48. The van der Waals surface area contributed by atoms with Crippen LogP contribution in [-0.2, 0) is 0 Å². The molecule has 0 unspecified atom stereocenters. The number of amides is 1. The monoisotopic (exact) mass is 305 g/mol. The molecule has 7 heteroatoms. The molecule has 2 aromatic heterocycles. The lowest BCUT2D eigenvalue weighted by Gasteiger charge is -2.01. The molecule has 0 saturated heterocycles. The molecule has 4 rings (SSSR count). The molecule has 0 fully saturated rings. The highest BCUT2D eigenvalue weighted by Crippen LogP contribution is 2.19. The number of rotatable bonds is 3. The van der Waals surface area contributed by atoms with E-state index in [-0.39, 0.29) is 11.6 Å². The van der Waals surface area contributed by atoms with Gasteiger partial charge in [-0.2, -0.15) is 15.4 Å². The van der Waals surface area contributed by atoms with Crippen LogP contribution in [0.25, 0.3) is 22.5 Å². The molecule has 0 aliphatic carbocycles. The zero-order valence-corrected chi connectivity index (χ0v) is 11.9. The largest absolute Gasteiger partial charge is 0.444 e. The highest BCUT2D eigenvalue weighted by Gasteiger charge is 2.14. The van der Waals surface area contributed by atoms with Crippen LogP contribution in [0.15, 0.2) is 59.2 Å². The Bertz CT molecular complexity index is 974. The van der Waals surface area contributed by atoms with E-state index in [1.165, 1.54) is 6.26 Å². The van der Waals surface area contributed by atoms with E-state index in [9.17, 15) is 4.79 Å². The number of nitrogens with one attached hydrogen (secondary N) is 2. The van der Waals surface area contributed by atoms with Gasteiger partial charge in [0.15, 0.2) is 5.69 Å². The summed E-state index contributed by atoms with van der Waals surface area (Å²) in [5.74, 6) is 0.0569. The second-order valence-corrected chi connectivity index (χ2v) is 4.89. The first-order valence-corrected chi connectivity index (χ1v) is 6.92. The van der Waals surface area contributed by atoms with Crippen LogP contribution in [0.2, 0.25) is 0 Å². The Kier molecular flexibility index (Phi) is 3.09. The number of benzene rings is 2. The molecule has 7 nitrogen and oxygen atoms in total. The van der Waals surface area contributed by atoms with E-state index in [0.717, 1.165) is 11.1 Å². The van der Waals surface area contributed by atoms with Crippen molar-refractivity contribution in [2.75, 3.05) is 5.32 Å². The van der Waals surface area contributed by atoms with Crippen molar-refractivity contribution >= 4 is 22.6 Å². The van der Waals surface area contributed by atoms with Crippen molar-refractivity contribution < 1.29 is 9.21 Å². The first-order valence-electron chi connectivity index (χ1n) is 6.92. The summed E-state index contributed by atoms with van der Waals surface area (Å²) in [6.45, 7) is 0. The van der Waals surface area contributed by atoms with Gasteiger partial charge < -0.3 is 9.73 Å². The summed E-state index contributed by atoms with van der Waals surface area (Å²) in [5, 5.41) is 13.2. The Morgan fingerprint density at radius 2 is 1.87 bits per heavy atom. The zero-order valence-electron chi connectivity index (χ0n) is 11.9. The molecule has 2 N–H and O–H groups in total. The number of hydrogen-bond acceptors (Lipinski definition) is 5. The number of carbonyl (C=O) groups excluding carboxylic acids is 1. The van der Waals surface area contributed by atoms with E-state index in [1.54, 1.807) is 18.2 Å². The molecule has 0 spiro atoms. The van der Waals surface area contributed by atoms with Crippen LogP contribution in [-0.4, -0.2) is 26.3 Å². The number of hydrogen-bond donors (Lipinski definition) is 2. The minimum absolute atomic E-state index is 0.212. The van der Waals surface area contributed by atoms with Crippen LogP contribution < -0.4 is 5.32 Å². The Balaban J connectivity index is 1.56. The number of fused-ring (bicyclic) bond motifs is 1. The molecule has 0 aliphatic heterocycles. The van der Waals surface area contributed by atoms with E-state index in [0.29, 0.717) is 17.1 Å². The van der Waals surface area contributed by atoms with E-state index >= 15 is 0 Å². The van der Waals surface area contributed by atoms with Gasteiger partial charge in [-0.15, -0.1) is 0 Å². The number of H-pyrrole nitrogens is 1. The van der Waals surface area contributed by atoms with Crippen molar-refractivity contribution in [2.45, 2.75) is 0 Å². The summed E-state index contributed by atoms with van der Waals surface area (Å²) in [6, 6.07) is 14.7. The van der Waals surface area contributed by atoms with Crippen LogP contribution in [0.1, 0.15) is 10.5 Å². The van der Waals surface area contributed by atoms with Gasteiger partial charge in [-0.3, -0.25) is 4.79 Å². The average Bonchev–Trinajstić information content (AvgIpc) is 3.24. The molecule has 2 aromatic carbocycles. The molecular weight excluding hydrogens is 294 g/mol. The van der Waals surface area contributed by atoms with Crippen molar-refractivity contribution in [3.63, 3.8) is 0 Å². The van der Waals surface area contributed by atoms with E-state index < -0.39 is 0 Å². The second-order valence-electron chi connectivity index (χ2n) is 4.89. The molecule has 0 bridgehead atoms. The Morgan fingerprint density at radius 1 is 1.04 bits per heavy atom. The number of nitrogens with zero attached hydrogens (tertiary/aromatic N) is 3. The molecule has 2 heterocycles. The van der Waals surface area contributed by atoms with Gasteiger partial charge >= 0.3 is 0 Å². The van der Waals surface area contributed by atoms with Crippen LogP contribution >= 0.6 is 0 Å². The third kappa shape index (κ3) is 2.55. The topological polar surface area (TPSA) is 96.7 Å². The molecule has 0 aliphatic rings. The van der Waals surface area contributed by atoms with E-state index in [2.05, 4.69) is 25.7 Å². The van der Waals surface area contributed by atoms with Gasteiger partial charge in [0.1, 0.15) is 17.3 Å². The molecule has 0 atom stereocenters. The fraction of sp³-hybridized carbons (Fsp3) is 0. The van der Waals surface area contributed by atoms with Crippen molar-refractivity contribution in [3.8, 4) is 11.5 Å². The summed E-state index contributed by atoms with van der Waals surface area (Å²) in [6.07, 6.45) is 1.34. The van der Waals surface area contributed by atoms with Crippen molar-refractivity contribution in [3.05, 3.63) is 60.5 Å². The highest BCUT2D eigenvalue weighted by atomic mass is 16.3. The summed E-state index contributed by atoms with van der Waals surface area (Å²) >= 11 is 0. The van der Waals surface area contributed by atoms with E-state index in [4.69, 9.17) is 4.42 Å². The van der Waals surface area contributed by atoms with Crippen molar-refractivity contribution in [1.29, 1.82) is 0 Å². The SMILES string of the molecule is O=C(Nc1ccc2n[nH]nc2c1)c1coc(-c2ccccc2)n1. The number of carbonyl (C=O) groups is 1. The number of oxazole rings is 1. The molecule has 112 valence electrons. The van der Waals surface area contributed by atoms with Crippen LogP contribution in [0.5, 0.6) is 0 Å². The minimum Gasteiger partial charge on any atom is -0.444 e. The number of aromatic nitrogens is 4. The lowest BCUT2D eigenvalue weighted by atomic mass is 10.2. The summed E-state index contributed by atoms with van der Waals surface area (Å²) in [5.41, 5.74) is 3.05. The van der Waals surface area contributed by atoms with E-state index in [1.807, 2.05) is 30.3 Å². The quantitative estimate of drug-likeness (QED) is 0.606. The third-order valence-electron chi connectivity index (χ3n) is 3.33. The molecule has 4 aromatic rings. The van der Waals surface area contributed by atoms with Crippen molar-refractivity contribution in [2.24, 2.45) is 0 Å². The van der Waals surface area contributed by atoms with Crippen LogP contribution in [0.3, 0.4) is 0 Å². The van der Waals surface area contributed by atoms with Gasteiger partial charge in [0.05, 0.1) is 0 Å². The van der Waals surface area contributed by atoms with Gasteiger partial charge in [-0.25, -0.2) is 4.98 Å². The average molecular weight is 305 g/mol. The van der Waals surface area contributed by atoms with Gasteiger partial charge in [-0.05, 0) is 30.3 Å². The lowest BCUT2D eigenvalue weighted by Crippen LogP contribution is -2.12. The van der Waals surface area contributed by atoms with Crippen LogP contribution in [0, 0.1) is 0 Å². The predicted molar refractivity (Wildman–Crippen MR) is 83.8 cm³/mol. The zero-order chi connectivity index (χ0) is 15.6. The summed E-state index contributed by atoms with van der Waals surface area (Å²) in [4.78, 5) is 16.5. The standard InChI is InChI=1S/C16H11N5O2/c22-15(17-11-6-7-12-13(8-11)20-21-19-12)14-9-23-16(18-14)10-4-2-1-3-5-10/h1-9H,(H,17,22)(H,19,20,21). The molecular formula is C16H11N5O2. The first kappa shape index (κ1) is 13.2. The van der Waals surface area contributed by atoms with Gasteiger partial charge in [0.25, 0.3) is 5.91 Å². The molecule has 23 heavy (non-hydrogen) atoms. The van der Waals surface area contributed by atoms with Gasteiger partial charge in [0.2, 0.25) is 5.89 Å².